The second-order valence-corrected chi connectivity index (χ2v) is 7.86. The molecule has 3 N–H and O–H groups in total. The molecular weight excluding hydrogens is 421 g/mol. The molecule has 152 valence electrons. The van der Waals surface area contributed by atoms with Crippen LogP contribution in [0.3, 0.4) is 0 Å². The monoisotopic (exact) mass is 439 g/mol. The highest BCUT2D eigenvalue weighted by atomic mass is 35.5. The van der Waals surface area contributed by atoms with E-state index in [1.165, 1.54) is 0 Å². The molecule has 0 spiro atoms. The van der Waals surface area contributed by atoms with Crippen molar-refractivity contribution in [3.63, 3.8) is 0 Å². The van der Waals surface area contributed by atoms with E-state index < -0.39 is 0 Å². The van der Waals surface area contributed by atoms with Gasteiger partial charge in [0.05, 0.1) is 10.7 Å². The molecule has 2 heterocycles. The van der Waals surface area contributed by atoms with Crippen molar-refractivity contribution in [2.75, 3.05) is 5.73 Å². The van der Waals surface area contributed by atoms with E-state index in [1.54, 1.807) is 34.9 Å². The maximum absolute atomic E-state index is 12.7. The van der Waals surface area contributed by atoms with Gasteiger partial charge in [-0.3, -0.25) is 9.20 Å². The van der Waals surface area contributed by atoms with E-state index in [0.717, 1.165) is 28.1 Å². The summed E-state index contributed by atoms with van der Waals surface area (Å²) < 4.78 is 1.79. The van der Waals surface area contributed by atoms with E-state index in [9.17, 15) is 4.79 Å². The number of anilines is 1. The van der Waals surface area contributed by atoms with Crippen LogP contribution in [0.1, 0.15) is 27.3 Å². The topological polar surface area (TPSA) is 85.3 Å². The SMILES string of the molecule is Cc1nc2nc(C(=O)NCc3cccc(Cl)c3)cn2c(-c2ccc(N)cc2Cl)c1C. The number of benzene rings is 2. The largest absolute Gasteiger partial charge is 0.399 e. The Balaban J connectivity index is 1.72. The van der Waals surface area contributed by atoms with Crippen LogP contribution in [-0.2, 0) is 6.54 Å². The third-order valence-corrected chi connectivity index (χ3v) is 5.46. The van der Waals surface area contributed by atoms with Crippen molar-refractivity contribution in [1.82, 2.24) is 19.7 Å². The zero-order valence-electron chi connectivity index (χ0n) is 16.4. The summed E-state index contributed by atoms with van der Waals surface area (Å²) in [6, 6.07) is 12.7. The molecule has 8 heteroatoms. The van der Waals surface area contributed by atoms with Crippen molar-refractivity contribution >= 4 is 40.6 Å². The molecule has 0 radical (unpaired) electrons. The Bertz CT molecular complexity index is 1280. The molecule has 0 aliphatic carbocycles. The number of nitrogens with one attached hydrogen (secondary N) is 1. The van der Waals surface area contributed by atoms with Gasteiger partial charge in [0, 0.05) is 34.7 Å². The maximum Gasteiger partial charge on any atom is 0.271 e. The summed E-state index contributed by atoms with van der Waals surface area (Å²) in [5.41, 5.74) is 11.0. The molecule has 2 aromatic carbocycles. The van der Waals surface area contributed by atoms with Crippen LogP contribution in [-0.4, -0.2) is 20.3 Å². The van der Waals surface area contributed by atoms with E-state index in [2.05, 4.69) is 15.3 Å². The number of aromatic nitrogens is 3. The highest BCUT2D eigenvalue weighted by Crippen LogP contribution is 2.33. The summed E-state index contributed by atoms with van der Waals surface area (Å²) in [5.74, 6) is 0.124. The summed E-state index contributed by atoms with van der Waals surface area (Å²) >= 11 is 12.5. The third kappa shape index (κ3) is 3.84. The van der Waals surface area contributed by atoms with Crippen molar-refractivity contribution in [2.24, 2.45) is 0 Å². The Labute approximate surface area is 183 Å². The lowest BCUT2D eigenvalue weighted by molar-refractivity contribution is 0.0946. The average Bonchev–Trinajstić information content (AvgIpc) is 3.11. The fourth-order valence-corrected chi connectivity index (χ4v) is 3.78. The first kappa shape index (κ1) is 20.2. The zero-order valence-corrected chi connectivity index (χ0v) is 17.9. The molecule has 4 aromatic rings. The minimum Gasteiger partial charge on any atom is -0.399 e. The Hall–Kier alpha value is -3.09. The average molecular weight is 440 g/mol. The van der Waals surface area contributed by atoms with E-state index in [0.29, 0.717) is 28.1 Å². The lowest BCUT2D eigenvalue weighted by Gasteiger charge is -2.13. The van der Waals surface area contributed by atoms with E-state index in [1.807, 2.05) is 32.0 Å². The molecule has 0 aliphatic rings. The van der Waals surface area contributed by atoms with Gasteiger partial charge in [0.2, 0.25) is 5.78 Å². The first-order chi connectivity index (χ1) is 14.3. The van der Waals surface area contributed by atoms with Crippen LogP contribution < -0.4 is 11.1 Å². The van der Waals surface area contributed by atoms with Crippen LogP contribution in [0.25, 0.3) is 17.0 Å². The number of aryl methyl sites for hydroxylation is 1. The summed E-state index contributed by atoms with van der Waals surface area (Å²) in [6.07, 6.45) is 1.67. The first-order valence-corrected chi connectivity index (χ1v) is 10.0. The highest BCUT2D eigenvalue weighted by Gasteiger charge is 2.18. The van der Waals surface area contributed by atoms with Gasteiger partial charge in [-0.2, -0.15) is 0 Å². The highest BCUT2D eigenvalue weighted by molar-refractivity contribution is 6.33. The Morgan fingerprint density at radius 1 is 1.13 bits per heavy atom. The minimum atomic E-state index is -0.301. The van der Waals surface area contributed by atoms with Crippen LogP contribution in [0, 0.1) is 13.8 Å². The van der Waals surface area contributed by atoms with Gasteiger partial charge in [-0.15, -0.1) is 0 Å². The number of rotatable bonds is 4. The van der Waals surface area contributed by atoms with Gasteiger partial charge < -0.3 is 11.1 Å². The maximum atomic E-state index is 12.7. The molecule has 30 heavy (non-hydrogen) atoms. The number of halogens is 2. The smallest absolute Gasteiger partial charge is 0.271 e. The number of nitrogens with two attached hydrogens (primary N) is 1. The molecule has 0 atom stereocenters. The normalized spacial score (nSPS) is 11.1. The van der Waals surface area contributed by atoms with Crippen LogP contribution >= 0.6 is 23.2 Å². The summed E-state index contributed by atoms with van der Waals surface area (Å²) in [5, 5.41) is 4.01. The van der Waals surface area contributed by atoms with Gasteiger partial charge >= 0.3 is 0 Å². The number of nitrogen functional groups attached to an aromatic ring is 1. The molecule has 6 nitrogen and oxygen atoms in total. The van der Waals surface area contributed by atoms with Crippen molar-refractivity contribution in [3.8, 4) is 11.3 Å². The summed E-state index contributed by atoms with van der Waals surface area (Å²) in [6.45, 7) is 4.20. The molecule has 2 aromatic heterocycles. The van der Waals surface area contributed by atoms with Gasteiger partial charge in [-0.25, -0.2) is 9.97 Å². The predicted octanol–water partition coefficient (Wildman–Crippen LogP) is 4.83. The Kier molecular flexibility index (Phi) is 5.37. The van der Waals surface area contributed by atoms with Crippen molar-refractivity contribution in [3.05, 3.63) is 81.2 Å². The van der Waals surface area contributed by atoms with E-state index in [4.69, 9.17) is 28.9 Å². The molecule has 1 amide bonds. The van der Waals surface area contributed by atoms with Gasteiger partial charge in [-0.05, 0) is 55.3 Å². The number of carbonyl (C=O) groups is 1. The van der Waals surface area contributed by atoms with E-state index in [-0.39, 0.29) is 11.6 Å². The molecule has 4 rings (SSSR count). The third-order valence-electron chi connectivity index (χ3n) is 4.92. The fraction of sp³-hybridized carbons (Fsp3) is 0.136. The molecule has 0 unspecified atom stereocenters. The molecule has 0 saturated heterocycles. The lowest BCUT2D eigenvalue weighted by Crippen LogP contribution is -2.23. The molecule has 0 aliphatic heterocycles. The van der Waals surface area contributed by atoms with Gasteiger partial charge in [0.15, 0.2) is 0 Å². The van der Waals surface area contributed by atoms with Crippen molar-refractivity contribution in [1.29, 1.82) is 0 Å². The fourth-order valence-electron chi connectivity index (χ4n) is 3.28. The minimum absolute atomic E-state index is 0.266. The standard InChI is InChI=1S/C22H19Cl2N5O/c1-12-13(2)27-22-28-19(21(30)26-10-14-4-3-5-15(23)8-14)11-29(22)20(12)17-7-6-16(25)9-18(17)24/h3-9,11H,10,25H2,1-2H3,(H,26,30). The molecule has 0 fully saturated rings. The van der Waals surface area contributed by atoms with Crippen LogP contribution in [0.15, 0.2) is 48.7 Å². The number of imidazole rings is 1. The quantitative estimate of drug-likeness (QED) is 0.445. The number of hydrogen-bond donors (Lipinski definition) is 2. The lowest BCUT2D eigenvalue weighted by atomic mass is 10.0. The summed E-state index contributed by atoms with van der Waals surface area (Å²) in [7, 11) is 0. The Morgan fingerprint density at radius 3 is 2.67 bits per heavy atom. The Morgan fingerprint density at radius 2 is 1.93 bits per heavy atom. The number of nitrogens with zero attached hydrogens (tertiary/aromatic N) is 3. The molecule has 0 saturated carbocycles. The zero-order chi connectivity index (χ0) is 21.4. The number of amides is 1. The van der Waals surface area contributed by atoms with Crippen LogP contribution in [0.2, 0.25) is 10.0 Å². The first-order valence-electron chi connectivity index (χ1n) is 9.28. The van der Waals surface area contributed by atoms with Gasteiger partial charge in [0.25, 0.3) is 5.91 Å². The predicted molar refractivity (Wildman–Crippen MR) is 120 cm³/mol. The summed E-state index contributed by atoms with van der Waals surface area (Å²) in [4.78, 5) is 21.7. The number of fused-ring (bicyclic) bond motifs is 1. The molecule has 0 bridgehead atoms. The number of hydrogen-bond acceptors (Lipinski definition) is 4. The molecular formula is C22H19Cl2N5O. The van der Waals surface area contributed by atoms with Gasteiger partial charge in [-0.1, -0.05) is 35.3 Å². The van der Waals surface area contributed by atoms with Crippen molar-refractivity contribution < 1.29 is 4.79 Å². The second-order valence-electron chi connectivity index (χ2n) is 7.02. The second kappa shape index (κ2) is 7.97. The number of carbonyl (C=O) groups excluding carboxylic acids is 1. The van der Waals surface area contributed by atoms with Crippen molar-refractivity contribution in [2.45, 2.75) is 20.4 Å². The van der Waals surface area contributed by atoms with Gasteiger partial charge in [0.1, 0.15) is 5.69 Å². The van der Waals surface area contributed by atoms with Crippen LogP contribution in [0.5, 0.6) is 0 Å². The van der Waals surface area contributed by atoms with E-state index >= 15 is 0 Å². The van der Waals surface area contributed by atoms with Crippen LogP contribution in [0.4, 0.5) is 5.69 Å².